The number of aliphatic hydroxyl groups is 1. The minimum absolute atomic E-state index is 0.277. The van der Waals surface area contributed by atoms with Crippen molar-refractivity contribution in [2.45, 2.75) is 13.0 Å². The molecular weight excluding hydrogens is 410 g/mol. The van der Waals surface area contributed by atoms with Gasteiger partial charge in [0.15, 0.2) is 0 Å². The molecule has 0 aromatic carbocycles. The van der Waals surface area contributed by atoms with Crippen LogP contribution in [0.2, 0.25) is 5.15 Å². The quantitative estimate of drug-likeness (QED) is 0.618. The first-order valence-electron chi connectivity index (χ1n) is 7.76. The largest absolute Gasteiger partial charge is 0.387 e. The Bertz CT molecular complexity index is 996. The molecule has 25 heavy (non-hydrogen) atoms. The van der Waals surface area contributed by atoms with E-state index < -0.39 is 6.61 Å². The highest BCUT2D eigenvalue weighted by Crippen LogP contribution is 2.39. The smallest absolute Gasteiger partial charge is 0.248 e. The van der Waals surface area contributed by atoms with Crippen molar-refractivity contribution in [3.8, 4) is 11.4 Å². The average Bonchev–Trinajstić information content (AvgIpc) is 3.20. The maximum atomic E-state index is 11.9. The van der Waals surface area contributed by atoms with Gasteiger partial charge in [0.05, 0.1) is 9.99 Å². The third kappa shape index (κ3) is 2.65. The molecule has 4 heterocycles. The van der Waals surface area contributed by atoms with E-state index in [0.717, 1.165) is 22.2 Å². The number of nitrogens with zero attached hydrogens (tertiary/aromatic N) is 4. The summed E-state index contributed by atoms with van der Waals surface area (Å²) in [6.45, 7) is 0.500. The number of aryl methyl sites for hydroxylation is 1. The molecule has 0 spiro atoms. The summed E-state index contributed by atoms with van der Waals surface area (Å²) in [5.74, 6) is -0.277. The fraction of sp³-hybridized carbons (Fsp3) is 0.312. The highest BCUT2D eigenvalue weighted by molar-refractivity contribution is 9.10. The maximum absolute atomic E-state index is 11.9. The number of fused-ring (bicyclic) bond motifs is 3. The molecular formula is C16H15BrClN5O2. The van der Waals surface area contributed by atoms with Crippen molar-refractivity contribution in [1.82, 2.24) is 24.6 Å². The van der Waals surface area contributed by atoms with Crippen molar-refractivity contribution < 1.29 is 9.90 Å². The van der Waals surface area contributed by atoms with Gasteiger partial charge in [0, 0.05) is 49.4 Å². The SMILES string of the molecule is Cn1ccc(-c2nc(Cl)c(Br)c3[nH]c4c(c23)CN(C(=O)CO)CC4)n1. The van der Waals surface area contributed by atoms with Crippen LogP contribution in [0.1, 0.15) is 11.3 Å². The minimum atomic E-state index is -0.488. The van der Waals surface area contributed by atoms with Gasteiger partial charge in [-0.25, -0.2) is 4.98 Å². The van der Waals surface area contributed by atoms with E-state index in [-0.39, 0.29) is 5.91 Å². The van der Waals surface area contributed by atoms with Crippen molar-refractivity contribution >= 4 is 44.3 Å². The first-order chi connectivity index (χ1) is 12.0. The fourth-order valence-corrected chi connectivity index (χ4v) is 3.83. The van der Waals surface area contributed by atoms with Crippen LogP contribution in [0.15, 0.2) is 16.7 Å². The molecule has 1 amide bonds. The van der Waals surface area contributed by atoms with Gasteiger partial charge < -0.3 is 15.0 Å². The normalized spacial score (nSPS) is 14.2. The monoisotopic (exact) mass is 423 g/mol. The molecule has 3 aromatic heterocycles. The Labute approximate surface area is 156 Å². The number of carbonyl (C=O) groups excluding carboxylic acids is 1. The first kappa shape index (κ1) is 16.6. The highest BCUT2D eigenvalue weighted by atomic mass is 79.9. The Morgan fingerprint density at radius 1 is 1.52 bits per heavy atom. The summed E-state index contributed by atoms with van der Waals surface area (Å²) < 4.78 is 2.40. The molecule has 0 unspecified atom stereocenters. The van der Waals surface area contributed by atoms with Gasteiger partial charge in [0.2, 0.25) is 5.91 Å². The average molecular weight is 425 g/mol. The molecule has 0 radical (unpaired) electrons. The number of aliphatic hydroxyl groups excluding tert-OH is 1. The molecule has 9 heteroatoms. The third-order valence-corrected chi connectivity index (χ3v) is 5.74. The van der Waals surface area contributed by atoms with Gasteiger partial charge in [-0.3, -0.25) is 9.48 Å². The first-order valence-corrected chi connectivity index (χ1v) is 8.93. The molecule has 1 aliphatic rings. The molecule has 130 valence electrons. The van der Waals surface area contributed by atoms with Crippen molar-refractivity contribution in [1.29, 1.82) is 0 Å². The standard InChI is InChI=1S/C16H15BrClN5O2/c1-22-4-2-10(21-22)14-12-8-6-23(11(25)7-24)5-3-9(8)19-15(12)13(17)16(18)20-14/h2,4,19,24H,3,5-7H2,1H3. The van der Waals surface area contributed by atoms with Crippen LogP contribution in [0.4, 0.5) is 0 Å². The summed E-state index contributed by atoms with van der Waals surface area (Å²) in [4.78, 5) is 21.5. The molecule has 0 fully saturated rings. The molecule has 0 saturated carbocycles. The Balaban J connectivity index is 1.96. The second-order valence-corrected chi connectivity index (χ2v) is 7.15. The number of rotatable bonds is 2. The summed E-state index contributed by atoms with van der Waals surface area (Å²) in [7, 11) is 1.84. The Morgan fingerprint density at radius 3 is 3.00 bits per heavy atom. The lowest BCUT2D eigenvalue weighted by atomic mass is 10.0. The molecule has 0 saturated heterocycles. The number of hydrogen-bond donors (Lipinski definition) is 2. The number of nitrogens with one attached hydrogen (secondary N) is 1. The molecule has 4 rings (SSSR count). The third-order valence-electron chi connectivity index (χ3n) is 4.46. The van der Waals surface area contributed by atoms with Gasteiger partial charge in [-0.05, 0) is 22.0 Å². The van der Waals surface area contributed by atoms with Crippen LogP contribution in [-0.2, 0) is 24.8 Å². The predicted molar refractivity (Wildman–Crippen MR) is 97.2 cm³/mol. The van der Waals surface area contributed by atoms with Crippen LogP contribution >= 0.6 is 27.5 Å². The molecule has 0 bridgehead atoms. The second-order valence-electron chi connectivity index (χ2n) is 6.00. The lowest BCUT2D eigenvalue weighted by molar-refractivity contribution is -0.135. The number of carbonyl (C=O) groups is 1. The molecule has 3 aromatic rings. The number of amides is 1. The second kappa shape index (κ2) is 6.12. The van der Waals surface area contributed by atoms with Crippen LogP contribution in [0.25, 0.3) is 22.3 Å². The minimum Gasteiger partial charge on any atom is -0.387 e. The van der Waals surface area contributed by atoms with Crippen LogP contribution in [0.5, 0.6) is 0 Å². The summed E-state index contributed by atoms with van der Waals surface area (Å²) in [6, 6.07) is 1.88. The van der Waals surface area contributed by atoms with Crippen LogP contribution in [-0.4, -0.2) is 48.8 Å². The van der Waals surface area contributed by atoms with Crippen molar-refractivity contribution in [3.63, 3.8) is 0 Å². The van der Waals surface area contributed by atoms with Crippen LogP contribution in [0, 0.1) is 0 Å². The van der Waals surface area contributed by atoms with E-state index in [0.29, 0.717) is 40.5 Å². The van der Waals surface area contributed by atoms with Crippen molar-refractivity contribution in [3.05, 3.63) is 33.1 Å². The van der Waals surface area contributed by atoms with E-state index in [4.69, 9.17) is 16.7 Å². The Morgan fingerprint density at radius 2 is 2.32 bits per heavy atom. The van der Waals surface area contributed by atoms with E-state index in [1.165, 1.54) is 0 Å². The van der Waals surface area contributed by atoms with E-state index in [2.05, 4.69) is 31.0 Å². The molecule has 0 atom stereocenters. The Kier molecular flexibility index (Phi) is 4.05. The zero-order chi connectivity index (χ0) is 17.7. The lowest BCUT2D eigenvalue weighted by Gasteiger charge is -2.26. The molecule has 2 N–H and O–H groups in total. The van der Waals surface area contributed by atoms with E-state index in [1.54, 1.807) is 9.58 Å². The van der Waals surface area contributed by atoms with Gasteiger partial charge in [-0.15, -0.1) is 0 Å². The van der Waals surface area contributed by atoms with E-state index in [1.807, 2.05) is 19.3 Å². The fourth-order valence-electron chi connectivity index (χ4n) is 3.27. The Hall–Kier alpha value is -1.90. The summed E-state index contributed by atoms with van der Waals surface area (Å²) in [5, 5.41) is 14.9. The number of hydrogen-bond acceptors (Lipinski definition) is 4. The number of pyridine rings is 1. The highest BCUT2D eigenvalue weighted by Gasteiger charge is 2.27. The summed E-state index contributed by atoms with van der Waals surface area (Å²) in [5.41, 5.74) is 4.30. The topological polar surface area (TPSA) is 87.0 Å². The molecule has 0 aliphatic carbocycles. The number of H-pyrrole nitrogens is 1. The van der Waals surface area contributed by atoms with Gasteiger partial charge in [-0.2, -0.15) is 5.10 Å². The van der Waals surface area contributed by atoms with E-state index >= 15 is 0 Å². The van der Waals surface area contributed by atoms with Gasteiger partial charge in [0.25, 0.3) is 0 Å². The zero-order valence-electron chi connectivity index (χ0n) is 13.4. The number of halogens is 2. The lowest BCUT2D eigenvalue weighted by Crippen LogP contribution is -2.37. The van der Waals surface area contributed by atoms with Gasteiger partial charge in [0.1, 0.15) is 23.1 Å². The predicted octanol–water partition coefficient (Wildman–Crippen LogP) is 2.26. The van der Waals surface area contributed by atoms with Gasteiger partial charge in [-0.1, -0.05) is 11.6 Å². The van der Waals surface area contributed by atoms with Gasteiger partial charge >= 0.3 is 0 Å². The maximum Gasteiger partial charge on any atom is 0.248 e. The van der Waals surface area contributed by atoms with Crippen molar-refractivity contribution in [2.24, 2.45) is 7.05 Å². The molecule has 1 aliphatic heterocycles. The molecule has 7 nitrogen and oxygen atoms in total. The van der Waals surface area contributed by atoms with E-state index in [9.17, 15) is 4.79 Å². The van der Waals surface area contributed by atoms with Crippen LogP contribution < -0.4 is 0 Å². The van der Waals surface area contributed by atoms with Crippen molar-refractivity contribution in [2.75, 3.05) is 13.2 Å². The zero-order valence-corrected chi connectivity index (χ0v) is 15.7. The van der Waals surface area contributed by atoms with Crippen LogP contribution in [0.3, 0.4) is 0 Å². The number of aromatic amines is 1. The summed E-state index contributed by atoms with van der Waals surface area (Å²) >= 11 is 9.81. The number of aromatic nitrogens is 4. The summed E-state index contributed by atoms with van der Waals surface area (Å²) in [6.07, 6.45) is 2.53.